The Bertz CT molecular complexity index is 463. The average Bonchev–Trinajstić information content (AvgIpc) is 2.38. The normalized spacial score (nSPS) is 11.4. The van der Waals surface area contributed by atoms with Gasteiger partial charge in [-0.1, -0.05) is 6.92 Å². The van der Waals surface area contributed by atoms with Gasteiger partial charge in [-0.15, -0.1) is 0 Å². The minimum Gasteiger partial charge on any atom is -0.378 e. The molecule has 0 atom stereocenters. The van der Waals surface area contributed by atoms with Crippen LogP contribution in [0.3, 0.4) is 0 Å². The lowest BCUT2D eigenvalue weighted by Gasteiger charge is -2.22. The Morgan fingerprint density at radius 1 is 1.00 bits per heavy atom. The van der Waals surface area contributed by atoms with E-state index in [0.717, 1.165) is 19.5 Å². The fourth-order valence-corrected chi connectivity index (χ4v) is 2.08. The van der Waals surface area contributed by atoms with Crippen molar-refractivity contribution in [3.05, 3.63) is 26.0 Å². The second-order valence-electron chi connectivity index (χ2n) is 4.97. The van der Waals surface area contributed by atoms with E-state index >= 15 is 0 Å². The average molecular weight is 268 g/mol. The smallest absolute Gasteiger partial charge is 0.249 e. The molecular formula is C14H24N2O3. The third-order valence-electron chi connectivity index (χ3n) is 3.29. The molecule has 0 aromatic heterocycles. The van der Waals surface area contributed by atoms with Crippen molar-refractivity contribution in [3.63, 3.8) is 0 Å². The molecule has 5 heteroatoms. The maximum atomic E-state index is 11.4. The summed E-state index contributed by atoms with van der Waals surface area (Å²) in [6.45, 7) is 7.71. The van der Waals surface area contributed by atoms with E-state index in [0.29, 0.717) is 31.0 Å². The molecule has 0 aliphatic heterocycles. The van der Waals surface area contributed by atoms with E-state index < -0.39 is 0 Å². The van der Waals surface area contributed by atoms with E-state index in [4.69, 9.17) is 4.74 Å². The molecule has 1 rings (SSSR count). The second kappa shape index (κ2) is 7.40. The number of rotatable bonds is 9. The number of anilines is 1. The van der Waals surface area contributed by atoms with Gasteiger partial charge in [0.15, 0.2) is 0 Å². The molecule has 0 saturated carbocycles. The standard InChI is InChI=1S/C14H24N2O3/c1-5-6-15(3)7-9-19-10-8-16(4)12-11(2)13(17)14(12)18/h5-10H2,1-4H3. The monoisotopic (exact) mass is 268 g/mol. The summed E-state index contributed by atoms with van der Waals surface area (Å²) in [4.78, 5) is 26.5. The summed E-state index contributed by atoms with van der Waals surface area (Å²) in [6.07, 6.45) is 1.14. The molecule has 0 spiro atoms. The summed E-state index contributed by atoms with van der Waals surface area (Å²) >= 11 is 0. The van der Waals surface area contributed by atoms with E-state index in [1.54, 1.807) is 11.8 Å². The lowest BCUT2D eigenvalue weighted by molar-refractivity contribution is 0.117. The zero-order chi connectivity index (χ0) is 14.4. The Labute approximate surface area is 114 Å². The van der Waals surface area contributed by atoms with Crippen molar-refractivity contribution in [3.8, 4) is 0 Å². The van der Waals surface area contributed by atoms with Gasteiger partial charge in [0.25, 0.3) is 0 Å². The Morgan fingerprint density at radius 2 is 1.63 bits per heavy atom. The summed E-state index contributed by atoms with van der Waals surface area (Å²) < 4.78 is 5.54. The van der Waals surface area contributed by atoms with Crippen LogP contribution in [0.1, 0.15) is 18.9 Å². The second-order valence-corrected chi connectivity index (χ2v) is 4.97. The molecule has 108 valence electrons. The molecule has 0 saturated heterocycles. The Morgan fingerprint density at radius 3 is 2.21 bits per heavy atom. The van der Waals surface area contributed by atoms with Crippen molar-refractivity contribution in [2.75, 3.05) is 51.8 Å². The molecule has 0 amide bonds. The summed E-state index contributed by atoms with van der Waals surface area (Å²) in [7, 11) is 3.89. The number of likely N-dealkylation sites (N-methyl/N-ethyl adjacent to an activating group) is 2. The van der Waals surface area contributed by atoms with Crippen molar-refractivity contribution in [2.24, 2.45) is 0 Å². The van der Waals surface area contributed by atoms with Gasteiger partial charge < -0.3 is 14.5 Å². The van der Waals surface area contributed by atoms with Gasteiger partial charge in [-0.2, -0.15) is 0 Å². The highest BCUT2D eigenvalue weighted by molar-refractivity contribution is 5.57. The maximum Gasteiger partial charge on any atom is 0.249 e. The molecule has 0 unspecified atom stereocenters. The van der Waals surface area contributed by atoms with Crippen LogP contribution in [0.4, 0.5) is 5.69 Å². The topological polar surface area (TPSA) is 49.9 Å². The van der Waals surface area contributed by atoms with Crippen LogP contribution in [0.15, 0.2) is 9.59 Å². The highest BCUT2D eigenvalue weighted by atomic mass is 16.5. The van der Waals surface area contributed by atoms with E-state index in [1.807, 2.05) is 7.05 Å². The highest BCUT2D eigenvalue weighted by Gasteiger charge is 2.19. The number of ether oxygens (including phenoxy) is 1. The zero-order valence-electron chi connectivity index (χ0n) is 12.4. The molecule has 0 radical (unpaired) electrons. The third-order valence-corrected chi connectivity index (χ3v) is 3.29. The van der Waals surface area contributed by atoms with Crippen LogP contribution in [0.5, 0.6) is 0 Å². The molecule has 0 fully saturated rings. The Balaban J connectivity index is 2.20. The van der Waals surface area contributed by atoms with Gasteiger partial charge in [-0.05, 0) is 26.9 Å². The number of hydrogen-bond acceptors (Lipinski definition) is 5. The van der Waals surface area contributed by atoms with Gasteiger partial charge in [-0.3, -0.25) is 9.59 Å². The minimum absolute atomic E-state index is 0.357. The summed E-state index contributed by atoms with van der Waals surface area (Å²) in [5.74, 6) is 0. The highest BCUT2D eigenvalue weighted by Crippen LogP contribution is 2.10. The van der Waals surface area contributed by atoms with Crippen LogP contribution in [0, 0.1) is 6.92 Å². The number of nitrogens with zero attached hydrogens (tertiary/aromatic N) is 2. The molecule has 1 aromatic rings. The summed E-state index contributed by atoms with van der Waals surface area (Å²) in [5.41, 5.74) is 0.374. The van der Waals surface area contributed by atoms with Crippen LogP contribution in [0.25, 0.3) is 0 Å². The van der Waals surface area contributed by atoms with Crippen LogP contribution >= 0.6 is 0 Å². The lowest BCUT2D eigenvalue weighted by Crippen LogP contribution is -2.42. The molecule has 0 aliphatic carbocycles. The van der Waals surface area contributed by atoms with E-state index in [1.165, 1.54) is 0 Å². The zero-order valence-corrected chi connectivity index (χ0v) is 12.4. The van der Waals surface area contributed by atoms with Crippen molar-refractivity contribution in [1.29, 1.82) is 0 Å². The molecule has 0 N–H and O–H groups in total. The largest absolute Gasteiger partial charge is 0.378 e. The molecule has 0 aliphatic rings. The molecule has 5 nitrogen and oxygen atoms in total. The van der Waals surface area contributed by atoms with E-state index in [-0.39, 0.29) is 10.9 Å². The first-order valence-corrected chi connectivity index (χ1v) is 6.76. The van der Waals surface area contributed by atoms with Crippen LogP contribution in [-0.2, 0) is 4.74 Å². The van der Waals surface area contributed by atoms with Gasteiger partial charge in [0.05, 0.1) is 18.9 Å². The van der Waals surface area contributed by atoms with Gasteiger partial charge in [0, 0.05) is 25.7 Å². The third kappa shape index (κ3) is 4.14. The predicted molar refractivity (Wildman–Crippen MR) is 78.0 cm³/mol. The molecule has 0 bridgehead atoms. The van der Waals surface area contributed by atoms with Crippen molar-refractivity contribution < 1.29 is 4.74 Å². The molecular weight excluding hydrogens is 244 g/mol. The molecule has 19 heavy (non-hydrogen) atoms. The Kier molecular flexibility index (Phi) is 6.18. The first-order valence-electron chi connectivity index (χ1n) is 6.76. The van der Waals surface area contributed by atoms with Gasteiger partial charge in [0.1, 0.15) is 0 Å². The van der Waals surface area contributed by atoms with E-state index in [2.05, 4.69) is 18.9 Å². The van der Waals surface area contributed by atoms with Crippen LogP contribution in [0.2, 0.25) is 0 Å². The van der Waals surface area contributed by atoms with Crippen molar-refractivity contribution >= 4 is 5.69 Å². The first-order chi connectivity index (χ1) is 8.99. The van der Waals surface area contributed by atoms with Crippen LogP contribution < -0.4 is 15.8 Å². The van der Waals surface area contributed by atoms with E-state index in [9.17, 15) is 9.59 Å². The lowest BCUT2D eigenvalue weighted by atomic mass is 10.1. The fourth-order valence-electron chi connectivity index (χ4n) is 2.08. The molecule has 1 aromatic carbocycles. The first kappa shape index (κ1) is 15.9. The van der Waals surface area contributed by atoms with Crippen LogP contribution in [-0.4, -0.2) is 51.8 Å². The molecule has 0 heterocycles. The number of hydrogen-bond donors (Lipinski definition) is 0. The van der Waals surface area contributed by atoms with Crippen molar-refractivity contribution in [1.82, 2.24) is 4.90 Å². The predicted octanol–water partition coefficient (Wildman–Crippen LogP) is 0.386. The SMILES string of the molecule is CCCN(C)CCOCCN(C)c1c(C)c(=O)c1=O. The van der Waals surface area contributed by atoms with Gasteiger partial charge in [0.2, 0.25) is 10.9 Å². The quantitative estimate of drug-likeness (QED) is 0.479. The minimum atomic E-state index is -0.373. The summed E-state index contributed by atoms with van der Waals surface area (Å²) in [6, 6.07) is 0. The van der Waals surface area contributed by atoms with Gasteiger partial charge >= 0.3 is 0 Å². The van der Waals surface area contributed by atoms with Crippen molar-refractivity contribution in [2.45, 2.75) is 20.3 Å². The summed E-state index contributed by atoms with van der Waals surface area (Å²) in [5, 5.41) is 0. The Hall–Kier alpha value is -1.20. The maximum absolute atomic E-state index is 11.4. The fraction of sp³-hybridized carbons (Fsp3) is 0.714. The van der Waals surface area contributed by atoms with Gasteiger partial charge in [-0.25, -0.2) is 0 Å².